The molecule has 0 aliphatic rings. The van der Waals surface area contributed by atoms with Gasteiger partial charge in [-0.05, 0) is 19.1 Å². The van der Waals surface area contributed by atoms with E-state index in [0.717, 1.165) is 30.7 Å². The smallest absolute Gasteiger partial charge is 0.235 e. The summed E-state index contributed by atoms with van der Waals surface area (Å²) in [7, 11) is 0. The average molecular weight is 347 g/mol. The van der Waals surface area contributed by atoms with E-state index in [4.69, 9.17) is 0 Å². The van der Waals surface area contributed by atoms with Crippen LogP contribution in [0.4, 0.5) is 0 Å². The molecule has 0 amide bonds. The zero-order chi connectivity index (χ0) is 14.9. The Labute approximate surface area is 137 Å². The summed E-state index contributed by atoms with van der Waals surface area (Å²) in [6.07, 6.45) is 3.54. The Hall–Kier alpha value is -1.91. The fourth-order valence-electron chi connectivity index (χ4n) is 1.82. The summed E-state index contributed by atoms with van der Waals surface area (Å²) in [4.78, 5) is 4.90. The zero-order valence-electron chi connectivity index (χ0n) is 11.4. The van der Waals surface area contributed by atoms with E-state index in [9.17, 15) is 0 Å². The average Bonchev–Trinajstić information content (AvgIpc) is 3.22. The van der Waals surface area contributed by atoms with Crippen LogP contribution in [0, 0.1) is 6.92 Å². The van der Waals surface area contributed by atoms with E-state index < -0.39 is 0 Å². The molecule has 110 valence electrons. The molecular weight excluding hydrogens is 338 g/mol. The number of aryl methyl sites for hydroxylation is 1. The normalized spacial score (nSPS) is 11.3. The van der Waals surface area contributed by atoms with Crippen LogP contribution in [0.1, 0.15) is 10.8 Å². The van der Waals surface area contributed by atoms with E-state index in [-0.39, 0.29) is 0 Å². The number of hydrogen-bond acceptors (Lipinski definition) is 9. The highest BCUT2D eigenvalue weighted by Gasteiger charge is 2.14. The van der Waals surface area contributed by atoms with Gasteiger partial charge in [0.15, 0.2) is 10.2 Å². The molecule has 0 bridgehead atoms. The maximum Gasteiger partial charge on any atom is 0.235 e. The molecule has 0 fully saturated rings. The third-order valence-electron chi connectivity index (χ3n) is 2.80. The Morgan fingerprint density at radius 1 is 1.18 bits per heavy atom. The van der Waals surface area contributed by atoms with Gasteiger partial charge in [0.05, 0.1) is 5.75 Å². The highest BCUT2D eigenvalue weighted by atomic mass is 32.2. The van der Waals surface area contributed by atoms with Crippen molar-refractivity contribution in [2.24, 2.45) is 0 Å². The Morgan fingerprint density at radius 2 is 2.14 bits per heavy atom. The van der Waals surface area contributed by atoms with E-state index in [1.54, 1.807) is 40.0 Å². The van der Waals surface area contributed by atoms with Crippen molar-refractivity contribution in [1.82, 2.24) is 35.0 Å². The molecule has 0 atom stereocenters. The SMILES string of the molecule is Cc1nnc(SCc2nnc3sc(-c4cccnc4)nn23)s1. The lowest BCUT2D eigenvalue weighted by atomic mass is 10.3. The second-order valence-corrected chi connectivity index (χ2v) is 7.70. The van der Waals surface area contributed by atoms with Crippen molar-refractivity contribution in [2.75, 3.05) is 0 Å². The minimum atomic E-state index is 0.659. The highest BCUT2D eigenvalue weighted by molar-refractivity contribution is 8.00. The van der Waals surface area contributed by atoms with Crippen molar-refractivity contribution in [2.45, 2.75) is 17.0 Å². The van der Waals surface area contributed by atoms with Crippen LogP contribution in [-0.4, -0.2) is 35.0 Å². The third-order valence-corrected chi connectivity index (χ3v) is 5.71. The lowest BCUT2D eigenvalue weighted by molar-refractivity contribution is 0.886. The summed E-state index contributed by atoms with van der Waals surface area (Å²) >= 11 is 4.67. The summed E-state index contributed by atoms with van der Waals surface area (Å²) < 4.78 is 2.71. The van der Waals surface area contributed by atoms with Gasteiger partial charge in [-0.15, -0.1) is 20.4 Å². The van der Waals surface area contributed by atoms with Gasteiger partial charge in [0.2, 0.25) is 4.96 Å². The molecule has 0 N–H and O–H groups in total. The number of hydrogen-bond donors (Lipinski definition) is 0. The zero-order valence-corrected chi connectivity index (χ0v) is 13.8. The minimum Gasteiger partial charge on any atom is -0.264 e. The summed E-state index contributed by atoms with van der Waals surface area (Å²) in [5, 5.41) is 22.9. The van der Waals surface area contributed by atoms with Gasteiger partial charge in [0.1, 0.15) is 10.0 Å². The quantitative estimate of drug-likeness (QED) is 0.525. The molecule has 10 heteroatoms. The number of pyridine rings is 1. The first kappa shape index (κ1) is 13.7. The molecule has 0 saturated heterocycles. The van der Waals surface area contributed by atoms with Crippen molar-refractivity contribution in [3.05, 3.63) is 35.4 Å². The van der Waals surface area contributed by atoms with Crippen LogP contribution < -0.4 is 0 Å². The van der Waals surface area contributed by atoms with Crippen molar-refractivity contribution in [3.63, 3.8) is 0 Å². The van der Waals surface area contributed by atoms with E-state index in [2.05, 4.69) is 30.5 Å². The van der Waals surface area contributed by atoms with Gasteiger partial charge in [-0.3, -0.25) is 4.98 Å². The first-order valence-corrected chi connectivity index (χ1v) is 8.96. The Balaban J connectivity index is 1.61. The van der Waals surface area contributed by atoms with Crippen LogP contribution in [0.25, 0.3) is 15.5 Å². The van der Waals surface area contributed by atoms with Crippen LogP contribution in [0.5, 0.6) is 0 Å². The second-order valence-electron chi connectivity index (χ2n) is 4.34. The molecule has 0 aliphatic heterocycles. The van der Waals surface area contributed by atoms with Crippen LogP contribution in [0.3, 0.4) is 0 Å². The molecule has 0 radical (unpaired) electrons. The molecule has 4 aromatic heterocycles. The maximum atomic E-state index is 4.58. The molecule has 7 nitrogen and oxygen atoms in total. The summed E-state index contributed by atoms with van der Waals surface area (Å²) in [6, 6.07) is 3.88. The van der Waals surface area contributed by atoms with Gasteiger partial charge in [-0.2, -0.15) is 9.61 Å². The van der Waals surface area contributed by atoms with E-state index in [0.29, 0.717) is 5.75 Å². The number of fused-ring (bicyclic) bond motifs is 1. The number of thioether (sulfide) groups is 1. The molecule has 0 spiro atoms. The summed E-state index contributed by atoms with van der Waals surface area (Å²) in [6.45, 7) is 1.94. The lowest BCUT2D eigenvalue weighted by Crippen LogP contribution is -1.94. The van der Waals surface area contributed by atoms with Crippen molar-refractivity contribution >= 4 is 39.4 Å². The fraction of sp³-hybridized carbons (Fsp3) is 0.167. The van der Waals surface area contributed by atoms with E-state index >= 15 is 0 Å². The molecule has 4 aromatic rings. The predicted octanol–water partition coefficient (Wildman–Crippen LogP) is 2.70. The van der Waals surface area contributed by atoms with E-state index in [1.165, 1.54) is 11.3 Å². The second kappa shape index (κ2) is 5.71. The Bertz CT molecular complexity index is 911. The molecule has 0 unspecified atom stereocenters. The van der Waals surface area contributed by atoms with Crippen LogP contribution in [0.15, 0.2) is 28.9 Å². The monoisotopic (exact) mass is 347 g/mol. The topological polar surface area (TPSA) is 81.8 Å². The van der Waals surface area contributed by atoms with Gasteiger partial charge in [0.25, 0.3) is 0 Å². The first-order chi connectivity index (χ1) is 10.8. The molecule has 0 aromatic carbocycles. The first-order valence-electron chi connectivity index (χ1n) is 6.34. The minimum absolute atomic E-state index is 0.659. The molecule has 4 rings (SSSR count). The predicted molar refractivity (Wildman–Crippen MR) is 86.1 cm³/mol. The number of rotatable bonds is 4. The Morgan fingerprint density at radius 3 is 2.91 bits per heavy atom. The third kappa shape index (κ3) is 2.60. The van der Waals surface area contributed by atoms with Crippen LogP contribution in [-0.2, 0) is 5.75 Å². The molecule has 4 heterocycles. The van der Waals surface area contributed by atoms with Gasteiger partial charge >= 0.3 is 0 Å². The molecular formula is C12H9N7S3. The maximum absolute atomic E-state index is 4.58. The van der Waals surface area contributed by atoms with Gasteiger partial charge in [-0.25, -0.2) is 0 Å². The van der Waals surface area contributed by atoms with Crippen molar-refractivity contribution < 1.29 is 0 Å². The molecule has 0 saturated carbocycles. The fourth-order valence-corrected chi connectivity index (χ4v) is 4.39. The summed E-state index contributed by atoms with van der Waals surface area (Å²) in [5.74, 6) is 1.46. The van der Waals surface area contributed by atoms with Crippen LogP contribution >= 0.6 is 34.4 Å². The largest absolute Gasteiger partial charge is 0.264 e. The van der Waals surface area contributed by atoms with E-state index in [1.807, 2.05) is 19.1 Å². The van der Waals surface area contributed by atoms with Crippen molar-refractivity contribution in [1.29, 1.82) is 0 Å². The highest BCUT2D eigenvalue weighted by Crippen LogP contribution is 2.28. The Kier molecular flexibility index (Phi) is 3.56. The van der Waals surface area contributed by atoms with Crippen LogP contribution in [0.2, 0.25) is 0 Å². The number of nitrogens with zero attached hydrogens (tertiary/aromatic N) is 7. The lowest BCUT2D eigenvalue weighted by Gasteiger charge is -1.94. The van der Waals surface area contributed by atoms with Gasteiger partial charge in [0, 0.05) is 18.0 Å². The van der Waals surface area contributed by atoms with Gasteiger partial charge < -0.3 is 0 Å². The number of aromatic nitrogens is 7. The standard InChI is InChI=1S/C12H9N7S3/c1-7-14-17-12(21-7)20-6-9-15-16-11-19(9)18-10(22-11)8-3-2-4-13-5-8/h2-5H,6H2,1H3. The molecule has 22 heavy (non-hydrogen) atoms. The van der Waals surface area contributed by atoms with Gasteiger partial charge in [-0.1, -0.05) is 34.4 Å². The summed E-state index contributed by atoms with van der Waals surface area (Å²) in [5.41, 5.74) is 0.983. The molecule has 0 aliphatic carbocycles. The van der Waals surface area contributed by atoms with Crippen molar-refractivity contribution in [3.8, 4) is 10.6 Å².